The predicted molar refractivity (Wildman–Crippen MR) is 30.6 cm³/mol. The molecule has 1 heterocycles. The Balaban J connectivity index is 2.33. The van der Waals surface area contributed by atoms with Crippen LogP contribution in [0.3, 0.4) is 0 Å². The van der Waals surface area contributed by atoms with Gasteiger partial charge in [0.05, 0.1) is 19.8 Å². The monoisotopic (exact) mass is 114 g/mol. The summed E-state index contributed by atoms with van der Waals surface area (Å²) in [6, 6.07) is 0. The van der Waals surface area contributed by atoms with Crippen molar-refractivity contribution >= 4 is 0 Å². The van der Waals surface area contributed by atoms with Gasteiger partial charge in [-0.15, -0.1) is 0 Å². The van der Waals surface area contributed by atoms with E-state index in [2.05, 4.69) is 0 Å². The van der Waals surface area contributed by atoms with Gasteiger partial charge in [-0.2, -0.15) is 0 Å². The quantitative estimate of drug-likeness (QED) is 0.498. The number of hydrogen-bond donors (Lipinski definition) is 1. The maximum atomic E-state index is 8.39. The first-order valence-electron chi connectivity index (χ1n) is 2.80. The summed E-state index contributed by atoms with van der Waals surface area (Å²) in [5.41, 5.74) is 1.23. The van der Waals surface area contributed by atoms with Crippen molar-refractivity contribution in [1.82, 2.24) is 0 Å². The van der Waals surface area contributed by atoms with E-state index in [4.69, 9.17) is 9.84 Å². The van der Waals surface area contributed by atoms with Gasteiger partial charge in [0.1, 0.15) is 0 Å². The van der Waals surface area contributed by atoms with Crippen LogP contribution in [0, 0.1) is 0 Å². The third kappa shape index (κ3) is 1.32. The molecule has 0 amide bonds. The first-order chi connectivity index (χ1) is 3.93. The fourth-order valence-electron chi connectivity index (χ4n) is 0.769. The molecule has 2 heteroatoms. The zero-order chi connectivity index (χ0) is 5.82. The molecule has 1 saturated heterocycles. The number of aliphatic hydroxyl groups is 1. The van der Waals surface area contributed by atoms with Gasteiger partial charge in [0.25, 0.3) is 0 Å². The minimum Gasteiger partial charge on any atom is -0.392 e. The number of aliphatic hydroxyl groups excluding tert-OH is 1. The van der Waals surface area contributed by atoms with Crippen LogP contribution in [0.4, 0.5) is 0 Å². The Morgan fingerprint density at radius 3 is 3.12 bits per heavy atom. The smallest absolute Gasteiger partial charge is 0.0678 e. The van der Waals surface area contributed by atoms with Gasteiger partial charge in [0.15, 0.2) is 0 Å². The molecule has 0 aromatic heterocycles. The lowest BCUT2D eigenvalue weighted by Crippen LogP contribution is -1.83. The standard InChI is InChI=1S/C6H10O2/c7-3-1-6-2-4-8-5-6/h1,7H,2-5H2/b6-1+. The molecule has 0 radical (unpaired) electrons. The van der Waals surface area contributed by atoms with E-state index in [1.54, 1.807) is 0 Å². The molecule has 0 bridgehead atoms. The molecule has 0 atom stereocenters. The molecule has 46 valence electrons. The molecule has 1 rings (SSSR count). The third-order valence-corrected chi connectivity index (χ3v) is 1.23. The van der Waals surface area contributed by atoms with E-state index in [0.29, 0.717) is 0 Å². The number of ether oxygens (including phenoxy) is 1. The molecule has 0 saturated carbocycles. The zero-order valence-corrected chi connectivity index (χ0v) is 4.76. The average molecular weight is 114 g/mol. The molecule has 1 fully saturated rings. The summed E-state index contributed by atoms with van der Waals surface area (Å²) in [4.78, 5) is 0. The molecule has 8 heavy (non-hydrogen) atoms. The second-order valence-corrected chi connectivity index (χ2v) is 1.85. The maximum Gasteiger partial charge on any atom is 0.0678 e. The van der Waals surface area contributed by atoms with Crippen molar-refractivity contribution in [2.45, 2.75) is 6.42 Å². The van der Waals surface area contributed by atoms with Crippen LogP contribution in [0.5, 0.6) is 0 Å². The highest BCUT2D eigenvalue weighted by Crippen LogP contribution is 2.09. The van der Waals surface area contributed by atoms with Crippen LogP contribution in [0.15, 0.2) is 11.6 Å². The summed E-state index contributed by atoms with van der Waals surface area (Å²) < 4.78 is 5.03. The molecule has 1 N–H and O–H groups in total. The van der Waals surface area contributed by atoms with Gasteiger partial charge in [-0.05, 0) is 12.0 Å². The summed E-state index contributed by atoms with van der Waals surface area (Å²) >= 11 is 0. The van der Waals surface area contributed by atoms with Crippen LogP contribution in [0.1, 0.15) is 6.42 Å². The van der Waals surface area contributed by atoms with Crippen LogP contribution in [0.2, 0.25) is 0 Å². The fourth-order valence-corrected chi connectivity index (χ4v) is 0.769. The molecular formula is C6H10O2. The number of rotatable bonds is 1. The Hall–Kier alpha value is -0.340. The lowest BCUT2D eigenvalue weighted by Gasteiger charge is -1.87. The molecule has 0 aliphatic carbocycles. The average Bonchev–Trinajstić information content (AvgIpc) is 2.19. The van der Waals surface area contributed by atoms with Gasteiger partial charge in [0, 0.05) is 0 Å². The Morgan fingerprint density at radius 2 is 2.62 bits per heavy atom. The first-order valence-corrected chi connectivity index (χ1v) is 2.80. The van der Waals surface area contributed by atoms with Crippen molar-refractivity contribution in [3.05, 3.63) is 11.6 Å². The Bertz CT molecular complexity index is 88.7. The molecule has 0 unspecified atom stereocenters. The second kappa shape index (κ2) is 2.84. The molecule has 1 aliphatic rings. The molecule has 2 nitrogen and oxygen atoms in total. The topological polar surface area (TPSA) is 29.5 Å². The van der Waals surface area contributed by atoms with Crippen molar-refractivity contribution < 1.29 is 9.84 Å². The Kier molecular flexibility index (Phi) is 2.06. The maximum absolute atomic E-state index is 8.39. The van der Waals surface area contributed by atoms with Crippen LogP contribution in [-0.4, -0.2) is 24.9 Å². The highest BCUT2D eigenvalue weighted by atomic mass is 16.5. The van der Waals surface area contributed by atoms with E-state index < -0.39 is 0 Å². The van der Waals surface area contributed by atoms with Crippen molar-refractivity contribution in [1.29, 1.82) is 0 Å². The molecule has 0 spiro atoms. The first kappa shape index (κ1) is 5.79. The normalized spacial score (nSPS) is 24.9. The van der Waals surface area contributed by atoms with Gasteiger partial charge in [0.2, 0.25) is 0 Å². The van der Waals surface area contributed by atoms with Crippen LogP contribution in [-0.2, 0) is 4.74 Å². The Morgan fingerprint density at radius 1 is 1.75 bits per heavy atom. The molecule has 1 aliphatic heterocycles. The van der Waals surface area contributed by atoms with Crippen molar-refractivity contribution in [3.8, 4) is 0 Å². The SMILES string of the molecule is OC/C=C1\CCOC1. The predicted octanol–water partition coefficient (Wildman–Crippen LogP) is 0.325. The van der Waals surface area contributed by atoms with Gasteiger partial charge in [-0.25, -0.2) is 0 Å². The second-order valence-electron chi connectivity index (χ2n) is 1.85. The van der Waals surface area contributed by atoms with Crippen LogP contribution >= 0.6 is 0 Å². The summed E-state index contributed by atoms with van der Waals surface area (Å²) in [6.45, 7) is 1.70. The van der Waals surface area contributed by atoms with Crippen LogP contribution in [0.25, 0.3) is 0 Å². The van der Waals surface area contributed by atoms with Crippen molar-refractivity contribution in [2.24, 2.45) is 0 Å². The van der Waals surface area contributed by atoms with E-state index in [9.17, 15) is 0 Å². The van der Waals surface area contributed by atoms with Gasteiger partial charge >= 0.3 is 0 Å². The van der Waals surface area contributed by atoms with Gasteiger partial charge < -0.3 is 9.84 Å². The Labute approximate surface area is 48.8 Å². The van der Waals surface area contributed by atoms with Gasteiger partial charge in [-0.1, -0.05) is 6.08 Å². The highest BCUT2D eigenvalue weighted by Gasteiger charge is 2.04. The van der Waals surface area contributed by atoms with Crippen LogP contribution < -0.4 is 0 Å². The fraction of sp³-hybridized carbons (Fsp3) is 0.667. The van der Waals surface area contributed by atoms with E-state index >= 15 is 0 Å². The summed E-state index contributed by atoms with van der Waals surface area (Å²) in [5, 5.41) is 8.39. The minimum absolute atomic E-state index is 0.151. The molecular weight excluding hydrogens is 104 g/mol. The minimum atomic E-state index is 0.151. The van der Waals surface area contributed by atoms with Crippen molar-refractivity contribution in [2.75, 3.05) is 19.8 Å². The lowest BCUT2D eigenvalue weighted by atomic mass is 10.2. The van der Waals surface area contributed by atoms with E-state index in [1.165, 1.54) is 5.57 Å². The largest absolute Gasteiger partial charge is 0.392 e. The van der Waals surface area contributed by atoms with E-state index in [0.717, 1.165) is 19.6 Å². The highest BCUT2D eigenvalue weighted by molar-refractivity contribution is 5.05. The summed E-state index contributed by atoms with van der Waals surface area (Å²) in [7, 11) is 0. The van der Waals surface area contributed by atoms with Crippen molar-refractivity contribution in [3.63, 3.8) is 0 Å². The van der Waals surface area contributed by atoms with E-state index in [-0.39, 0.29) is 6.61 Å². The number of hydrogen-bond acceptors (Lipinski definition) is 2. The molecule has 0 aromatic carbocycles. The van der Waals surface area contributed by atoms with Gasteiger partial charge in [-0.3, -0.25) is 0 Å². The third-order valence-electron chi connectivity index (χ3n) is 1.23. The summed E-state index contributed by atoms with van der Waals surface area (Å²) in [5.74, 6) is 0. The molecule has 0 aromatic rings. The lowest BCUT2D eigenvalue weighted by molar-refractivity contribution is 0.204. The zero-order valence-electron chi connectivity index (χ0n) is 4.76. The van der Waals surface area contributed by atoms with E-state index in [1.807, 2.05) is 6.08 Å². The summed E-state index contributed by atoms with van der Waals surface area (Å²) in [6.07, 6.45) is 2.81.